The van der Waals surface area contributed by atoms with Crippen molar-refractivity contribution >= 4 is 11.7 Å². The lowest BCUT2D eigenvalue weighted by atomic mass is 10.1. The lowest BCUT2D eigenvalue weighted by molar-refractivity contribution is 0.00621. The van der Waals surface area contributed by atoms with E-state index in [4.69, 9.17) is 11.3 Å². The number of rotatable bonds is 1. The van der Waals surface area contributed by atoms with Crippen molar-refractivity contribution in [2.45, 2.75) is 33.3 Å². The summed E-state index contributed by atoms with van der Waals surface area (Å²) in [7, 11) is 0. The van der Waals surface area contributed by atoms with Gasteiger partial charge in [-0.3, -0.25) is 4.98 Å². The summed E-state index contributed by atoms with van der Waals surface area (Å²) in [4.78, 5) is 18.9. The number of ether oxygens (including phenoxy) is 1. The molecule has 4 heteroatoms. The molecule has 0 atom stereocenters. The summed E-state index contributed by atoms with van der Waals surface area (Å²) < 4.78 is 5.20. The summed E-state index contributed by atoms with van der Waals surface area (Å²) in [6.07, 6.45) is 1.37. The maximum atomic E-state index is 11.7. The average molecular weight is 218 g/mol. The van der Waals surface area contributed by atoms with Gasteiger partial charge in [0.15, 0.2) is 0 Å². The fraction of sp³-hybridized carbons (Fsp3) is 0.417. The van der Waals surface area contributed by atoms with Crippen LogP contribution in [-0.2, 0) is 4.74 Å². The Kier molecular flexibility index (Phi) is 3.28. The Balaban J connectivity index is 2.98. The number of carbonyl (C=O) groups excluding carboxylic acids is 1. The van der Waals surface area contributed by atoms with Crippen molar-refractivity contribution in [3.8, 4) is 0 Å². The molecule has 1 heterocycles. The molecule has 0 unspecified atom stereocenters. The highest BCUT2D eigenvalue weighted by Gasteiger charge is 2.20. The smallest absolute Gasteiger partial charge is 0.357 e. The number of nitrogens with zero attached hydrogens (tertiary/aromatic N) is 2. The summed E-state index contributed by atoms with van der Waals surface area (Å²) in [5.41, 5.74) is 0.804. The number of aryl methyl sites for hydroxylation is 1. The van der Waals surface area contributed by atoms with Gasteiger partial charge in [-0.25, -0.2) is 9.64 Å². The first-order valence-corrected chi connectivity index (χ1v) is 4.91. The van der Waals surface area contributed by atoms with E-state index in [1.54, 1.807) is 33.8 Å². The third-order valence-corrected chi connectivity index (χ3v) is 1.79. The van der Waals surface area contributed by atoms with Crippen LogP contribution in [0.15, 0.2) is 12.3 Å². The standard InChI is InChI=1S/C12H14N2O2/c1-8-6-9(13-5)7-14-10(8)11(15)16-12(2,3)4/h6-7H,1-4H3. The predicted molar refractivity (Wildman–Crippen MR) is 60.4 cm³/mol. The van der Waals surface area contributed by atoms with Crippen LogP contribution in [0, 0.1) is 13.5 Å². The number of carbonyl (C=O) groups is 1. The van der Waals surface area contributed by atoms with Crippen molar-refractivity contribution in [2.24, 2.45) is 0 Å². The summed E-state index contributed by atoms with van der Waals surface area (Å²) in [5.74, 6) is -0.457. The number of hydrogen-bond donors (Lipinski definition) is 0. The van der Waals surface area contributed by atoms with E-state index >= 15 is 0 Å². The molecule has 1 aromatic rings. The zero-order valence-electron chi connectivity index (χ0n) is 9.87. The van der Waals surface area contributed by atoms with Crippen LogP contribution in [0.5, 0.6) is 0 Å². The van der Waals surface area contributed by atoms with Crippen LogP contribution in [-0.4, -0.2) is 16.6 Å². The van der Waals surface area contributed by atoms with E-state index in [1.165, 1.54) is 6.20 Å². The molecular weight excluding hydrogens is 204 g/mol. The Hall–Kier alpha value is -1.89. The number of hydrogen-bond acceptors (Lipinski definition) is 3. The normalized spacial score (nSPS) is 10.7. The molecule has 0 bridgehead atoms. The summed E-state index contributed by atoms with van der Waals surface area (Å²) in [6.45, 7) is 14.0. The van der Waals surface area contributed by atoms with Crippen molar-refractivity contribution in [1.82, 2.24) is 4.98 Å². The maximum Gasteiger partial charge on any atom is 0.357 e. The van der Waals surface area contributed by atoms with Crippen molar-refractivity contribution in [3.05, 3.63) is 34.9 Å². The SMILES string of the molecule is [C-]#[N+]c1cnc(C(=O)OC(C)(C)C)c(C)c1. The van der Waals surface area contributed by atoms with Crippen LogP contribution in [0.3, 0.4) is 0 Å². The highest BCUT2D eigenvalue weighted by atomic mass is 16.6. The van der Waals surface area contributed by atoms with Crippen molar-refractivity contribution in [1.29, 1.82) is 0 Å². The molecule has 0 spiro atoms. The molecule has 0 aliphatic carbocycles. The average Bonchev–Trinajstić information content (AvgIpc) is 2.14. The van der Waals surface area contributed by atoms with Crippen LogP contribution in [0.4, 0.5) is 5.69 Å². The second kappa shape index (κ2) is 4.31. The molecule has 1 rings (SSSR count). The first kappa shape index (κ1) is 12.2. The molecule has 4 nitrogen and oxygen atoms in total. The largest absolute Gasteiger partial charge is 0.455 e. The molecule has 0 amide bonds. The molecule has 0 aliphatic heterocycles. The van der Waals surface area contributed by atoms with Gasteiger partial charge >= 0.3 is 5.97 Å². The van der Waals surface area contributed by atoms with Gasteiger partial charge in [0, 0.05) is 6.20 Å². The van der Waals surface area contributed by atoms with Gasteiger partial charge in [0.05, 0.1) is 6.57 Å². The Morgan fingerprint density at radius 1 is 1.50 bits per heavy atom. The van der Waals surface area contributed by atoms with E-state index in [2.05, 4.69) is 9.83 Å². The molecule has 0 saturated carbocycles. The minimum absolute atomic E-state index is 0.266. The third-order valence-electron chi connectivity index (χ3n) is 1.79. The first-order valence-electron chi connectivity index (χ1n) is 4.91. The van der Waals surface area contributed by atoms with Crippen LogP contribution in [0.25, 0.3) is 4.85 Å². The molecule has 0 fully saturated rings. The molecule has 0 N–H and O–H groups in total. The minimum atomic E-state index is -0.538. The summed E-state index contributed by atoms with van der Waals surface area (Å²) in [6, 6.07) is 1.62. The van der Waals surface area contributed by atoms with E-state index in [0.717, 1.165) is 0 Å². The van der Waals surface area contributed by atoms with Gasteiger partial charge in [0.25, 0.3) is 0 Å². The molecule has 84 valence electrons. The molecule has 0 radical (unpaired) electrons. The van der Waals surface area contributed by atoms with E-state index in [-0.39, 0.29) is 5.69 Å². The monoisotopic (exact) mass is 218 g/mol. The minimum Gasteiger partial charge on any atom is -0.455 e. The van der Waals surface area contributed by atoms with Gasteiger partial charge in [-0.05, 0) is 39.3 Å². The number of pyridine rings is 1. The fourth-order valence-corrected chi connectivity index (χ4v) is 1.16. The maximum absolute atomic E-state index is 11.7. The van der Waals surface area contributed by atoms with Crippen molar-refractivity contribution < 1.29 is 9.53 Å². The number of esters is 1. The molecule has 0 aromatic carbocycles. The quantitative estimate of drug-likeness (QED) is 0.537. The Labute approximate surface area is 95.1 Å². The van der Waals surface area contributed by atoms with Crippen LogP contribution >= 0.6 is 0 Å². The lowest BCUT2D eigenvalue weighted by Crippen LogP contribution is -2.24. The molecular formula is C12H14N2O2. The first-order chi connectivity index (χ1) is 7.33. The van der Waals surface area contributed by atoms with Gasteiger partial charge < -0.3 is 4.74 Å². The summed E-state index contributed by atoms with van der Waals surface area (Å²) in [5, 5.41) is 0. The third kappa shape index (κ3) is 3.06. The topological polar surface area (TPSA) is 43.5 Å². The molecule has 1 aromatic heterocycles. The van der Waals surface area contributed by atoms with Crippen molar-refractivity contribution in [2.75, 3.05) is 0 Å². The Morgan fingerprint density at radius 3 is 2.56 bits per heavy atom. The lowest BCUT2D eigenvalue weighted by Gasteiger charge is -2.19. The van der Waals surface area contributed by atoms with Crippen LogP contribution in [0.2, 0.25) is 0 Å². The molecule has 0 aliphatic rings. The van der Waals surface area contributed by atoms with Gasteiger partial charge in [-0.2, -0.15) is 0 Å². The van der Waals surface area contributed by atoms with Crippen molar-refractivity contribution in [3.63, 3.8) is 0 Å². The van der Waals surface area contributed by atoms with Crippen LogP contribution < -0.4 is 0 Å². The van der Waals surface area contributed by atoms with Crippen LogP contribution in [0.1, 0.15) is 36.8 Å². The molecule has 0 saturated heterocycles. The Morgan fingerprint density at radius 2 is 2.12 bits per heavy atom. The van der Waals surface area contributed by atoms with Gasteiger partial charge in [0.2, 0.25) is 5.69 Å². The van der Waals surface area contributed by atoms with Gasteiger partial charge in [0.1, 0.15) is 11.3 Å². The predicted octanol–water partition coefficient (Wildman–Crippen LogP) is 2.90. The highest BCUT2D eigenvalue weighted by molar-refractivity contribution is 5.89. The van der Waals surface area contributed by atoms with E-state index in [0.29, 0.717) is 11.3 Å². The zero-order valence-corrected chi connectivity index (χ0v) is 9.87. The van der Waals surface area contributed by atoms with Gasteiger partial charge in [-0.1, -0.05) is 0 Å². The highest BCUT2D eigenvalue weighted by Crippen LogP contribution is 2.17. The zero-order chi connectivity index (χ0) is 12.3. The number of aromatic nitrogens is 1. The second-order valence-electron chi connectivity index (χ2n) is 4.47. The van der Waals surface area contributed by atoms with E-state index in [9.17, 15) is 4.79 Å². The summed E-state index contributed by atoms with van der Waals surface area (Å²) >= 11 is 0. The Bertz CT molecular complexity index is 453. The van der Waals surface area contributed by atoms with Gasteiger partial charge in [-0.15, -0.1) is 0 Å². The second-order valence-corrected chi connectivity index (χ2v) is 4.47. The molecule has 16 heavy (non-hydrogen) atoms. The van der Waals surface area contributed by atoms with E-state index < -0.39 is 11.6 Å². The fourth-order valence-electron chi connectivity index (χ4n) is 1.16. The van der Waals surface area contributed by atoms with E-state index in [1.807, 2.05) is 0 Å².